The van der Waals surface area contributed by atoms with Gasteiger partial charge in [-0.05, 0) is 30.0 Å². The fourth-order valence-electron chi connectivity index (χ4n) is 2.12. The van der Waals surface area contributed by atoms with Crippen LogP contribution in [0.5, 0.6) is 5.75 Å². The van der Waals surface area contributed by atoms with Crippen LogP contribution in [0.15, 0.2) is 24.3 Å². The average Bonchev–Trinajstić information content (AvgIpc) is 3.05. The van der Waals surface area contributed by atoms with Crippen molar-refractivity contribution in [1.29, 1.82) is 0 Å². The molecule has 0 radical (unpaired) electrons. The van der Waals surface area contributed by atoms with Gasteiger partial charge in [0.25, 0.3) is 0 Å². The van der Waals surface area contributed by atoms with E-state index in [9.17, 15) is 5.11 Å². The molecule has 1 aromatic rings. The Labute approximate surface area is 89.9 Å². The van der Waals surface area contributed by atoms with E-state index in [1.807, 2.05) is 12.1 Å². The van der Waals surface area contributed by atoms with E-state index in [2.05, 4.69) is 12.1 Å². The van der Waals surface area contributed by atoms with Crippen molar-refractivity contribution < 1.29 is 9.84 Å². The van der Waals surface area contributed by atoms with Crippen molar-refractivity contribution in [2.75, 3.05) is 20.3 Å². The molecular weight excluding hydrogens is 190 g/mol. The standard InChI is InChI=1S/C12H17NO2/c1-15-10-4-2-9(3-5-10)11-6-12(11,7-13)8-14/h2-5,11,14H,6-8,13H2,1H3/t11-,12+/m1/s1. The molecule has 3 nitrogen and oxygen atoms in total. The van der Waals surface area contributed by atoms with Crippen molar-refractivity contribution in [1.82, 2.24) is 0 Å². The Balaban J connectivity index is 2.12. The molecule has 1 aliphatic rings. The number of hydrogen-bond donors (Lipinski definition) is 2. The van der Waals surface area contributed by atoms with Gasteiger partial charge in [0.2, 0.25) is 0 Å². The molecule has 0 spiro atoms. The van der Waals surface area contributed by atoms with Gasteiger partial charge in [-0.25, -0.2) is 0 Å². The molecule has 0 bridgehead atoms. The van der Waals surface area contributed by atoms with Crippen LogP contribution in [0.2, 0.25) is 0 Å². The summed E-state index contributed by atoms with van der Waals surface area (Å²) in [4.78, 5) is 0. The van der Waals surface area contributed by atoms with Gasteiger partial charge in [-0.2, -0.15) is 0 Å². The third kappa shape index (κ3) is 1.73. The lowest BCUT2D eigenvalue weighted by atomic mass is 10.00. The van der Waals surface area contributed by atoms with Crippen LogP contribution in [0.3, 0.4) is 0 Å². The molecule has 1 aliphatic carbocycles. The summed E-state index contributed by atoms with van der Waals surface area (Å²) < 4.78 is 5.10. The van der Waals surface area contributed by atoms with Crippen molar-refractivity contribution >= 4 is 0 Å². The number of rotatable bonds is 4. The van der Waals surface area contributed by atoms with Gasteiger partial charge in [-0.1, -0.05) is 12.1 Å². The molecular formula is C12H17NO2. The molecule has 0 aliphatic heterocycles. The van der Waals surface area contributed by atoms with E-state index in [0.29, 0.717) is 12.5 Å². The summed E-state index contributed by atoms with van der Waals surface area (Å²) in [7, 11) is 1.66. The first-order valence-electron chi connectivity index (χ1n) is 5.20. The number of methoxy groups -OCH3 is 1. The van der Waals surface area contributed by atoms with Gasteiger partial charge < -0.3 is 15.6 Å². The first-order valence-corrected chi connectivity index (χ1v) is 5.20. The fraction of sp³-hybridized carbons (Fsp3) is 0.500. The van der Waals surface area contributed by atoms with Crippen molar-refractivity contribution in [3.8, 4) is 5.75 Å². The highest BCUT2D eigenvalue weighted by Crippen LogP contribution is 2.58. The maximum atomic E-state index is 9.28. The van der Waals surface area contributed by atoms with Crippen LogP contribution in [0.1, 0.15) is 17.9 Å². The van der Waals surface area contributed by atoms with E-state index >= 15 is 0 Å². The Kier molecular flexibility index (Phi) is 2.67. The third-order valence-corrected chi connectivity index (χ3v) is 3.43. The largest absolute Gasteiger partial charge is 0.497 e. The first kappa shape index (κ1) is 10.5. The number of nitrogens with two attached hydrogens (primary N) is 1. The lowest BCUT2D eigenvalue weighted by Crippen LogP contribution is -2.21. The minimum atomic E-state index is -0.0609. The van der Waals surface area contributed by atoms with E-state index in [4.69, 9.17) is 10.5 Å². The Bertz CT molecular complexity index is 330. The molecule has 3 heteroatoms. The second-order valence-corrected chi connectivity index (χ2v) is 4.25. The lowest BCUT2D eigenvalue weighted by molar-refractivity contribution is 0.211. The molecule has 82 valence electrons. The Morgan fingerprint density at radius 3 is 2.53 bits per heavy atom. The average molecular weight is 207 g/mol. The predicted octanol–water partition coefficient (Wildman–Crippen LogP) is 1.12. The topological polar surface area (TPSA) is 55.5 Å². The van der Waals surface area contributed by atoms with Gasteiger partial charge in [0.1, 0.15) is 5.75 Å². The van der Waals surface area contributed by atoms with E-state index in [1.165, 1.54) is 5.56 Å². The van der Waals surface area contributed by atoms with Gasteiger partial charge in [0.05, 0.1) is 13.7 Å². The van der Waals surface area contributed by atoms with Crippen LogP contribution in [0.4, 0.5) is 0 Å². The smallest absolute Gasteiger partial charge is 0.118 e. The molecule has 1 saturated carbocycles. The van der Waals surface area contributed by atoms with E-state index in [-0.39, 0.29) is 12.0 Å². The molecule has 15 heavy (non-hydrogen) atoms. The van der Waals surface area contributed by atoms with Crippen LogP contribution >= 0.6 is 0 Å². The minimum Gasteiger partial charge on any atom is -0.497 e. The Morgan fingerprint density at radius 2 is 2.13 bits per heavy atom. The zero-order valence-electron chi connectivity index (χ0n) is 8.94. The lowest BCUT2D eigenvalue weighted by Gasteiger charge is -2.11. The summed E-state index contributed by atoms with van der Waals surface area (Å²) in [6.07, 6.45) is 0.992. The zero-order chi connectivity index (χ0) is 10.9. The molecule has 3 N–H and O–H groups in total. The molecule has 2 atom stereocenters. The molecule has 0 aromatic heterocycles. The monoisotopic (exact) mass is 207 g/mol. The number of ether oxygens (including phenoxy) is 1. The number of aliphatic hydroxyl groups excluding tert-OH is 1. The summed E-state index contributed by atoms with van der Waals surface area (Å²) in [5, 5.41) is 9.28. The second-order valence-electron chi connectivity index (χ2n) is 4.25. The van der Waals surface area contributed by atoms with E-state index in [0.717, 1.165) is 12.2 Å². The van der Waals surface area contributed by atoms with E-state index < -0.39 is 0 Å². The van der Waals surface area contributed by atoms with E-state index in [1.54, 1.807) is 7.11 Å². The van der Waals surface area contributed by atoms with Gasteiger partial charge in [-0.15, -0.1) is 0 Å². The SMILES string of the molecule is COc1ccc([C@H]2C[C@]2(CN)CO)cc1. The predicted molar refractivity (Wildman–Crippen MR) is 58.9 cm³/mol. The van der Waals surface area contributed by atoms with Crippen molar-refractivity contribution in [2.24, 2.45) is 11.1 Å². The summed E-state index contributed by atoms with van der Waals surface area (Å²) in [5.41, 5.74) is 6.86. The number of benzene rings is 1. The summed E-state index contributed by atoms with van der Waals surface area (Å²) in [6.45, 7) is 0.736. The van der Waals surface area contributed by atoms with Crippen molar-refractivity contribution in [3.63, 3.8) is 0 Å². The first-order chi connectivity index (χ1) is 7.25. The highest BCUT2D eigenvalue weighted by molar-refractivity contribution is 5.35. The van der Waals surface area contributed by atoms with Crippen LogP contribution in [-0.4, -0.2) is 25.4 Å². The van der Waals surface area contributed by atoms with Gasteiger partial charge in [0.15, 0.2) is 0 Å². The number of aliphatic hydroxyl groups is 1. The fourth-order valence-corrected chi connectivity index (χ4v) is 2.12. The third-order valence-electron chi connectivity index (χ3n) is 3.43. The Hall–Kier alpha value is -1.06. The number of hydrogen-bond acceptors (Lipinski definition) is 3. The van der Waals surface area contributed by atoms with Crippen LogP contribution in [0, 0.1) is 5.41 Å². The second kappa shape index (κ2) is 3.83. The molecule has 2 rings (SSSR count). The highest BCUT2D eigenvalue weighted by atomic mass is 16.5. The molecule has 0 amide bonds. The molecule has 1 aromatic carbocycles. The molecule has 1 fully saturated rings. The van der Waals surface area contributed by atoms with Crippen molar-refractivity contribution in [2.45, 2.75) is 12.3 Å². The summed E-state index contributed by atoms with van der Waals surface area (Å²) >= 11 is 0. The molecule has 0 unspecified atom stereocenters. The molecule has 0 saturated heterocycles. The Morgan fingerprint density at radius 1 is 1.47 bits per heavy atom. The van der Waals surface area contributed by atoms with Crippen molar-refractivity contribution in [3.05, 3.63) is 29.8 Å². The normalized spacial score (nSPS) is 28.9. The highest BCUT2D eigenvalue weighted by Gasteiger charge is 2.53. The molecule has 0 heterocycles. The van der Waals surface area contributed by atoms with Gasteiger partial charge in [0, 0.05) is 12.0 Å². The van der Waals surface area contributed by atoms with Crippen LogP contribution < -0.4 is 10.5 Å². The quantitative estimate of drug-likeness (QED) is 0.778. The minimum absolute atomic E-state index is 0.0609. The van der Waals surface area contributed by atoms with Crippen LogP contribution in [0.25, 0.3) is 0 Å². The maximum Gasteiger partial charge on any atom is 0.118 e. The van der Waals surface area contributed by atoms with Gasteiger partial charge in [-0.3, -0.25) is 0 Å². The maximum absolute atomic E-state index is 9.28. The summed E-state index contributed by atoms with van der Waals surface area (Å²) in [6, 6.07) is 8.01. The zero-order valence-corrected chi connectivity index (χ0v) is 8.94. The van der Waals surface area contributed by atoms with Crippen LogP contribution in [-0.2, 0) is 0 Å². The van der Waals surface area contributed by atoms with Gasteiger partial charge >= 0.3 is 0 Å². The summed E-state index contributed by atoms with van der Waals surface area (Å²) in [5.74, 6) is 1.28.